The van der Waals surface area contributed by atoms with Crippen molar-refractivity contribution in [3.8, 4) is 0 Å². The fourth-order valence-electron chi connectivity index (χ4n) is 0.694. The molecule has 58 valence electrons. The van der Waals surface area contributed by atoms with Crippen molar-refractivity contribution in [2.24, 2.45) is 10.9 Å². The van der Waals surface area contributed by atoms with E-state index in [0.717, 1.165) is 24.4 Å². The molecule has 0 fully saturated rings. The van der Waals surface area contributed by atoms with Gasteiger partial charge in [-0.15, -0.1) is 0 Å². The third-order valence-corrected chi connectivity index (χ3v) is 1.17. The van der Waals surface area contributed by atoms with E-state index in [0.29, 0.717) is 0 Å². The second-order valence-corrected chi connectivity index (χ2v) is 1.94. The van der Waals surface area contributed by atoms with E-state index in [-0.39, 0.29) is 5.56 Å². The SMILES string of the molecule is NN=Cc1cc(F)ccc1F. The number of benzene rings is 1. The van der Waals surface area contributed by atoms with Crippen LogP contribution in [0.3, 0.4) is 0 Å². The highest BCUT2D eigenvalue weighted by atomic mass is 19.1. The number of rotatable bonds is 1. The van der Waals surface area contributed by atoms with Crippen LogP contribution in [0.15, 0.2) is 23.3 Å². The first-order valence-electron chi connectivity index (χ1n) is 2.92. The zero-order chi connectivity index (χ0) is 8.27. The van der Waals surface area contributed by atoms with Gasteiger partial charge < -0.3 is 5.84 Å². The van der Waals surface area contributed by atoms with E-state index in [1.54, 1.807) is 0 Å². The summed E-state index contributed by atoms with van der Waals surface area (Å²) in [5.41, 5.74) is 0.0486. The van der Waals surface area contributed by atoms with Crippen molar-refractivity contribution >= 4 is 6.21 Å². The van der Waals surface area contributed by atoms with Gasteiger partial charge in [0.05, 0.1) is 6.21 Å². The van der Waals surface area contributed by atoms with Crippen LogP contribution in [0.4, 0.5) is 8.78 Å². The van der Waals surface area contributed by atoms with Gasteiger partial charge in [0, 0.05) is 5.56 Å². The van der Waals surface area contributed by atoms with Crippen molar-refractivity contribution in [3.05, 3.63) is 35.4 Å². The average Bonchev–Trinajstić information content (AvgIpc) is 1.98. The molecule has 0 aliphatic rings. The number of nitrogens with zero attached hydrogens (tertiary/aromatic N) is 1. The van der Waals surface area contributed by atoms with Crippen LogP contribution in [0.25, 0.3) is 0 Å². The molecule has 0 saturated carbocycles. The maximum atomic E-state index is 12.6. The predicted molar refractivity (Wildman–Crippen MR) is 38.1 cm³/mol. The molecule has 0 unspecified atom stereocenters. The van der Waals surface area contributed by atoms with E-state index in [1.807, 2.05) is 0 Å². The monoisotopic (exact) mass is 156 g/mol. The van der Waals surface area contributed by atoms with Crippen molar-refractivity contribution < 1.29 is 8.78 Å². The third kappa shape index (κ3) is 1.73. The molecule has 0 aliphatic carbocycles. The van der Waals surface area contributed by atoms with Gasteiger partial charge in [0.25, 0.3) is 0 Å². The normalized spacial score (nSPS) is 10.7. The van der Waals surface area contributed by atoms with Crippen molar-refractivity contribution in [3.63, 3.8) is 0 Å². The average molecular weight is 156 g/mol. The van der Waals surface area contributed by atoms with Crippen LogP contribution < -0.4 is 5.84 Å². The minimum Gasteiger partial charge on any atom is -0.323 e. The van der Waals surface area contributed by atoms with Gasteiger partial charge in [-0.1, -0.05) is 0 Å². The van der Waals surface area contributed by atoms with Crippen LogP contribution in [-0.2, 0) is 0 Å². The molecule has 0 aromatic heterocycles. The van der Waals surface area contributed by atoms with Gasteiger partial charge >= 0.3 is 0 Å². The van der Waals surface area contributed by atoms with Crippen molar-refractivity contribution in [2.75, 3.05) is 0 Å². The lowest BCUT2D eigenvalue weighted by molar-refractivity contribution is 0.598. The third-order valence-electron chi connectivity index (χ3n) is 1.17. The smallest absolute Gasteiger partial charge is 0.132 e. The minimum absolute atomic E-state index is 0.0486. The van der Waals surface area contributed by atoms with Crippen LogP contribution in [0.2, 0.25) is 0 Å². The zero-order valence-electron chi connectivity index (χ0n) is 5.59. The van der Waals surface area contributed by atoms with Crippen LogP contribution in [0.5, 0.6) is 0 Å². The first kappa shape index (κ1) is 7.65. The Kier molecular flexibility index (Phi) is 2.15. The number of nitrogens with two attached hydrogens (primary N) is 1. The summed E-state index contributed by atoms with van der Waals surface area (Å²) in [4.78, 5) is 0. The molecule has 1 aromatic rings. The van der Waals surface area contributed by atoms with Crippen LogP contribution in [0, 0.1) is 11.6 Å². The largest absolute Gasteiger partial charge is 0.323 e. The molecule has 0 bridgehead atoms. The Balaban J connectivity index is 3.12. The molecular formula is C7H6F2N2. The molecule has 0 amide bonds. The van der Waals surface area contributed by atoms with E-state index in [9.17, 15) is 8.78 Å². The summed E-state index contributed by atoms with van der Waals surface area (Å²) >= 11 is 0. The van der Waals surface area contributed by atoms with Crippen LogP contribution in [-0.4, -0.2) is 6.21 Å². The van der Waals surface area contributed by atoms with Crippen LogP contribution >= 0.6 is 0 Å². The summed E-state index contributed by atoms with van der Waals surface area (Å²) in [7, 11) is 0. The Labute approximate surface area is 62.3 Å². The molecular weight excluding hydrogens is 150 g/mol. The first-order valence-corrected chi connectivity index (χ1v) is 2.92. The maximum Gasteiger partial charge on any atom is 0.132 e. The van der Waals surface area contributed by atoms with Gasteiger partial charge in [-0.25, -0.2) is 8.78 Å². The van der Waals surface area contributed by atoms with Gasteiger partial charge in [-0.3, -0.25) is 0 Å². The second-order valence-electron chi connectivity index (χ2n) is 1.94. The molecule has 4 heteroatoms. The lowest BCUT2D eigenvalue weighted by Gasteiger charge is -1.93. The molecule has 0 heterocycles. The molecule has 2 nitrogen and oxygen atoms in total. The number of hydrogen-bond acceptors (Lipinski definition) is 2. The molecule has 2 N–H and O–H groups in total. The quantitative estimate of drug-likeness (QED) is 0.371. The molecule has 0 radical (unpaired) electrons. The number of halogens is 2. The zero-order valence-corrected chi connectivity index (χ0v) is 5.59. The molecule has 0 saturated heterocycles. The Morgan fingerprint density at radius 2 is 2.09 bits per heavy atom. The molecule has 1 rings (SSSR count). The molecule has 1 aromatic carbocycles. The van der Waals surface area contributed by atoms with Gasteiger partial charge in [0.2, 0.25) is 0 Å². The lowest BCUT2D eigenvalue weighted by Crippen LogP contribution is -1.91. The molecule has 11 heavy (non-hydrogen) atoms. The first-order chi connectivity index (χ1) is 5.24. The summed E-state index contributed by atoms with van der Waals surface area (Å²) < 4.78 is 25.0. The summed E-state index contributed by atoms with van der Waals surface area (Å²) in [5.74, 6) is 3.71. The number of hydrogen-bond donors (Lipinski definition) is 1. The summed E-state index contributed by atoms with van der Waals surface area (Å²) in [5, 5.41) is 3.08. The van der Waals surface area contributed by atoms with Gasteiger partial charge in [-0.2, -0.15) is 5.10 Å². The second kappa shape index (κ2) is 3.09. The fraction of sp³-hybridized carbons (Fsp3) is 0. The Morgan fingerprint density at radius 1 is 1.36 bits per heavy atom. The minimum atomic E-state index is -0.541. The lowest BCUT2D eigenvalue weighted by atomic mass is 10.2. The van der Waals surface area contributed by atoms with Crippen molar-refractivity contribution in [1.29, 1.82) is 0 Å². The summed E-state index contributed by atoms with van der Waals surface area (Å²) in [6.07, 6.45) is 1.05. The van der Waals surface area contributed by atoms with E-state index in [4.69, 9.17) is 5.84 Å². The highest BCUT2D eigenvalue weighted by Crippen LogP contribution is 2.06. The summed E-state index contributed by atoms with van der Waals surface area (Å²) in [6.45, 7) is 0. The van der Waals surface area contributed by atoms with E-state index >= 15 is 0 Å². The van der Waals surface area contributed by atoms with Gasteiger partial charge in [0.1, 0.15) is 11.6 Å². The Bertz CT molecular complexity index is 284. The fourth-order valence-corrected chi connectivity index (χ4v) is 0.694. The number of hydrazone groups is 1. The predicted octanol–water partition coefficient (Wildman–Crippen LogP) is 1.26. The van der Waals surface area contributed by atoms with E-state index in [1.165, 1.54) is 0 Å². The van der Waals surface area contributed by atoms with Gasteiger partial charge in [-0.05, 0) is 18.2 Å². The highest BCUT2D eigenvalue weighted by molar-refractivity contribution is 5.79. The van der Waals surface area contributed by atoms with E-state index in [2.05, 4.69) is 5.10 Å². The molecule has 0 atom stereocenters. The highest BCUT2D eigenvalue weighted by Gasteiger charge is 1.99. The Hall–Kier alpha value is -1.45. The summed E-state index contributed by atoms with van der Waals surface area (Å²) in [6, 6.07) is 3.07. The standard InChI is InChI=1S/C7H6F2N2/c8-6-1-2-7(9)5(3-6)4-11-10/h1-4H,10H2. The molecule has 0 spiro atoms. The van der Waals surface area contributed by atoms with Gasteiger partial charge in [0.15, 0.2) is 0 Å². The van der Waals surface area contributed by atoms with Crippen molar-refractivity contribution in [1.82, 2.24) is 0 Å². The molecule has 0 aliphatic heterocycles. The van der Waals surface area contributed by atoms with Crippen LogP contribution in [0.1, 0.15) is 5.56 Å². The maximum absolute atomic E-state index is 12.6. The topological polar surface area (TPSA) is 38.4 Å². The van der Waals surface area contributed by atoms with Crippen molar-refractivity contribution in [2.45, 2.75) is 0 Å². The Morgan fingerprint density at radius 3 is 2.73 bits per heavy atom. The van der Waals surface area contributed by atoms with E-state index < -0.39 is 11.6 Å².